The van der Waals surface area contributed by atoms with Gasteiger partial charge in [0.25, 0.3) is 0 Å². The van der Waals surface area contributed by atoms with Gasteiger partial charge in [-0.1, -0.05) is 18.2 Å². The number of likely N-dealkylation sites (tertiary alicyclic amines) is 1. The van der Waals surface area contributed by atoms with Crippen molar-refractivity contribution in [2.75, 3.05) is 18.4 Å². The number of nitrogens with zero attached hydrogens (tertiary/aromatic N) is 2. The van der Waals surface area contributed by atoms with Crippen molar-refractivity contribution in [1.29, 1.82) is 0 Å². The van der Waals surface area contributed by atoms with Crippen LogP contribution in [-0.2, 0) is 4.79 Å². The third-order valence-electron chi connectivity index (χ3n) is 4.23. The van der Waals surface area contributed by atoms with E-state index in [2.05, 4.69) is 10.3 Å². The van der Waals surface area contributed by atoms with E-state index in [0.29, 0.717) is 31.6 Å². The number of carboxylic acid groups (broad SMARTS) is 1. The van der Waals surface area contributed by atoms with Crippen molar-refractivity contribution in [2.24, 2.45) is 5.92 Å². The van der Waals surface area contributed by atoms with E-state index in [0.717, 1.165) is 11.3 Å². The lowest BCUT2D eigenvalue weighted by molar-refractivity contribution is -0.143. The topological polar surface area (TPSA) is 82.5 Å². The molecule has 0 saturated carbocycles. The first kappa shape index (κ1) is 16.0. The Morgan fingerprint density at radius 3 is 2.38 bits per heavy atom. The quantitative estimate of drug-likeness (QED) is 0.908. The van der Waals surface area contributed by atoms with Crippen LogP contribution in [0.5, 0.6) is 0 Å². The molecule has 2 N–H and O–H groups in total. The van der Waals surface area contributed by atoms with Gasteiger partial charge in [0.15, 0.2) is 0 Å². The number of hydrogen-bond acceptors (Lipinski definition) is 3. The van der Waals surface area contributed by atoms with Crippen LogP contribution in [0.1, 0.15) is 12.8 Å². The minimum absolute atomic E-state index is 0.190. The highest BCUT2D eigenvalue weighted by molar-refractivity contribution is 5.89. The van der Waals surface area contributed by atoms with Crippen LogP contribution in [0.3, 0.4) is 0 Å². The number of pyridine rings is 1. The molecule has 2 amide bonds. The predicted octanol–water partition coefficient (Wildman–Crippen LogP) is 3.08. The summed E-state index contributed by atoms with van der Waals surface area (Å²) in [5.74, 6) is -1.12. The summed E-state index contributed by atoms with van der Waals surface area (Å²) in [6.45, 7) is 0.934. The van der Waals surface area contributed by atoms with E-state index in [1.165, 1.54) is 0 Å². The maximum atomic E-state index is 12.3. The third kappa shape index (κ3) is 3.71. The smallest absolute Gasteiger partial charge is 0.321 e. The number of urea groups is 1. The summed E-state index contributed by atoms with van der Waals surface area (Å²) in [5, 5.41) is 11.8. The van der Waals surface area contributed by atoms with Crippen molar-refractivity contribution >= 4 is 17.7 Å². The van der Waals surface area contributed by atoms with Gasteiger partial charge in [-0.2, -0.15) is 0 Å². The molecule has 1 aromatic carbocycles. The van der Waals surface area contributed by atoms with E-state index < -0.39 is 5.97 Å². The van der Waals surface area contributed by atoms with Crippen molar-refractivity contribution in [2.45, 2.75) is 12.8 Å². The fourth-order valence-corrected chi connectivity index (χ4v) is 2.79. The highest BCUT2D eigenvalue weighted by Crippen LogP contribution is 2.21. The molecule has 1 fully saturated rings. The molecule has 1 aromatic heterocycles. The number of carboxylic acids is 1. The van der Waals surface area contributed by atoms with Gasteiger partial charge in [0.1, 0.15) is 0 Å². The van der Waals surface area contributed by atoms with Gasteiger partial charge in [0, 0.05) is 30.5 Å². The van der Waals surface area contributed by atoms with Crippen molar-refractivity contribution < 1.29 is 14.7 Å². The second kappa shape index (κ2) is 7.12. The van der Waals surface area contributed by atoms with Gasteiger partial charge < -0.3 is 15.3 Å². The average molecular weight is 325 g/mol. The number of hydrogen-bond donors (Lipinski definition) is 2. The van der Waals surface area contributed by atoms with Gasteiger partial charge in [-0.05, 0) is 37.1 Å². The van der Waals surface area contributed by atoms with Crippen molar-refractivity contribution in [3.63, 3.8) is 0 Å². The van der Waals surface area contributed by atoms with Crippen LogP contribution in [0.4, 0.5) is 10.5 Å². The van der Waals surface area contributed by atoms with E-state index in [4.69, 9.17) is 5.11 Å². The van der Waals surface area contributed by atoms with Gasteiger partial charge in [-0.25, -0.2) is 4.79 Å². The summed E-state index contributed by atoms with van der Waals surface area (Å²) >= 11 is 0. The Labute approximate surface area is 140 Å². The largest absolute Gasteiger partial charge is 0.481 e. The lowest BCUT2D eigenvalue weighted by Gasteiger charge is -2.30. The molecular formula is C18H19N3O3. The summed E-state index contributed by atoms with van der Waals surface area (Å²) < 4.78 is 0. The maximum Gasteiger partial charge on any atom is 0.321 e. The summed E-state index contributed by atoms with van der Waals surface area (Å²) in [7, 11) is 0. The molecule has 2 aromatic rings. The minimum Gasteiger partial charge on any atom is -0.481 e. The predicted molar refractivity (Wildman–Crippen MR) is 90.6 cm³/mol. The Morgan fingerprint density at radius 2 is 1.79 bits per heavy atom. The van der Waals surface area contributed by atoms with Crippen molar-refractivity contribution in [3.05, 3.63) is 48.7 Å². The molecule has 2 heterocycles. The van der Waals surface area contributed by atoms with Crippen LogP contribution in [0.2, 0.25) is 0 Å². The number of amides is 2. The molecule has 0 bridgehead atoms. The zero-order chi connectivity index (χ0) is 16.9. The second-order valence-corrected chi connectivity index (χ2v) is 5.82. The number of anilines is 1. The van der Waals surface area contributed by atoms with Crippen LogP contribution in [0, 0.1) is 5.92 Å². The Hall–Kier alpha value is -2.89. The number of nitrogens with one attached hydrogen (secondary N) is 1. The number of carbonyl (C=O) groups excluding carboxylic acids is 1. The van der Waals surface area contributed by atoms with Crippen LogP contribution in [0.15, 0.2) is 48.7 Å². The standard InChI is InChI=1S/C18H19N3O3/c22-17(23)14-8-11-21(12-9-14)18(24)20-15-6-4-13(5-7-15)16-3-1-2-10-19-16/h1-7,10,14H,8-9,11-12H2,(H,20,24)(H,22,23). The summed E-state index contributed by atoms with van der Waals surface area (Å²) in [5.41, 5.74) is 2.57. The highest BCUT2D eigenvalue weighted by atomic mass is 16.4. The van der Waals surface area contributed by atoms with Gasteiger partial charge in [-0.3, -0.25) is 9.78 Å². The first-order chi connectivity index (χ1) is 11.6. The molecule has 124 valence electrons. The fraction of sp³-hybridized carbons (Fsp3) is 0.278. The van der Waals surface area contributed by atoms with Gasteiger partial charge in [0.05, 0.1) is 11.6 Å². The monoisotopic (exact) mass is 325 g/mol. The minimum atomic E-state index is -0.778. The molecule has 6 heteroatoms. The Morgan fingerprint density at radius 1 is 1.08 bits per heavy atom. The van der Waals surface area contributed by atoms with Gasteiger partial charge in [-0.15, -0.1) is 0 Å². The van der Waals surface area contributed by atoms with E-state index in [-0.39, 0.29) is 11.9 Å². The van der Waals surface area contributed by atoms with E-state index in [9.17, 15) is 9.59 Å². The summed E-state index contributed by atoms with van der Waals surface area (Å²) in [4.78, 5) is 29.2. The van der Waals surface area contributed by atoms with Crippen LogP contribution < -0.4 is 5.32 Å². The van der Waals surface area contributed by atoms with Gasteiger partial charge in [0.2, 0.25) is 0 Å². The number of piperidine rings is 1. The molecule has 1 aliphatic heterocycles. The van der Waals surface area contributed by atoms with Crippen molar-refractivity contribution in [3.8, 4) is 11.3 Å². The Balaban J connectivity index is 1.58. The molecule has 1 aliphatic rings. The molecular weight excluding hydrogens is 306 g/mol. The SMILES string of the molecule is O=C(O)C1CCN(C(=O)Nc2ccc(-c3ccccn3)cc2)CC1. The first-order valence-corrected chi connectivity index (χ1v) is 7.93. The normalized spacial score (nSPS) is 15.1. The number of benzene rings is 1. The Kier molecular flexibility index (Phi) is 4.74. The summed E-state index contributed by atoms with van der Waals surface area (Å²) in [6, 6.07) is 13.0. The molecule has 6 nitrogen and oxygen atoms in total. The highest BCUT2D eigenvalue weighted by Gasteiger charge is 2.26. The molecule has 1 saturated heterocycles. The van der Waals surface area contributed by atoms with E-state index in [1.54, 1.807) is 11.1 Å². The van der Waals surface area contributed by atoms with Crippen molar-refractivity contribution in [1.82, 2.24) is 9.88 Å². The molecule has 3 rings (SSSR count). The van der Waals surface area contributed by atoms with Crippen LogP contribution in [-0.4, -0.2) is 40.1 Å². The number of carbonyl (C=O) groups is 2. The molecule has 0 atom stereocenters. The fourth-order valence-electron chi connectivity index (χ4n) is 2.79. The van der Waals surface area contributed by atoms with Crippen LogP contribution >= 0.6 is 0 Å². The van der Waals surface area contributed by atoms with Gasteiger partial charge >= 0.3 is 12.0 Å². The molecule has 0 unspecified atom stereocenters. The number of rotatable bonds is 3. The lowest BCUT2D eigenvalue weighted by Crippen LogP contribution is -2.42. The molecule has 0 radical (unpaired) electrons. The summed E-state index contributed by atoms with van der Waals surface area (Å²) in [6.07, 6.45) is 2.74. The molecule has 24 heavy (non-hydrogen) atoms. The zero-order valence-electron chi connectivity index (χ0n) is 13.2. The number of aliphatic carboxylic acids is 1. The first-order valence-electron chi connectivity index (χ1n) is 7.93. The Bertz CT molecular complexity index is 708. The van der Waals surface area contributed by atoms with Crippen LogP contribution in [0.25, 0.3) is 11.3 Å². The number of aromatic nitrogens is 1. The molecule has 0 spiro atoms. The lowest BCUT2D eigenvalue weighted by atomic mass is 9.97. The van der Waals surface area contributed by atoms with E-state index in [1.807, 2.05) is 42.5 Å². The average Bonchev–Trinajstić information content (AvgIpc) is 2.63. The molecule has 0 aliphatic carbocycles. The zero-order valence-corrected chi connectivity index (χ0v) is 13.2. The second-order valence-electron chi connectivity index (χ2n) is 5.82. The third-order valence-corrected chi connectivity index (χ3v) is 4.23. The maximum absolute atomic E-state index is 12.3. The van der Waals surface area contributed by atoms with E-state index >= 15 is 0 Å².